The van der Waals surface area contributed by atoms with Crippen molar-refractivity contribution in [2.45, 2.75) is 31.9 Å². The van der Waals surface area contributed by atoms with E-state index in [2.05, 4.69) is 10.3 Å². The molecule has 180 valence electrons. The summed E-state index contributed by atoms with van der Waals surface area (Å²) in [6, 6.07) is 18.1. The van der Waals surface area contributed by atoms with E-state index in [1.807, 2.05) is 25.1 Å². The standard InChI is InChI=1S/C27H24F3N3O2/c1-17(22-4-3-5-25(31-2)32-22)6-14-24(34)19-7-13-23-18(16-19)8-15-26(35)33(23)21-11-9-20(10-12-21)27(28,29)30/h3-5,7-13,15-17H,6,14H2,1-2H3,(H,31,32)/t17-/m1/s1. The van der Waals surface area contributed by atoms with Gasteiger partial charge < -0.3 is 5.32 Å². The van der Waals surface area contributed by atoms with E-state index in [9.17, 15) is 22.8 Å². The third kappa shape index (κ3) is 5.26. The maximum absolute atomic E-state index is 12.9. The molecule has 5 nitrogen and oxygen atoms in total. The van der Waals surface area contributed by atoms with E-state index in [-0.39, 0.29) is 17.3 Å². The van der Waals surface area contributed by atoms with Crippen molar-refractivity contribution >= 4 is 22.5 Å². The molecular formula is C27H24F3N3O2. The zero-order valence-electron chi connectivity index (χ0n) is 19.3. The third-order valence-corrected chi connectivity index (χ3v) is 6.01. The van der Waals surface area contributed by atoms with Gasteiger partial charge in [-0.25, -0.2) is 4.98 Å². The summed E-state index contributed by atoms with van der Waals surface area (Å²) < 4.78 is 40.1. The van der Waals surface area contributed by atoms with Crippen molar-refractivity contribution in [1.29, 1.82) is 0 Å². The van der Waals surface area contributed by atoms with Crippen molar-refractivity contribution in [3.05, 3.63) is 100.0 Å². The van der Waals surface area contributed by atoms with Gasteiger partial charge in [0.2, 0.25) is 0 Å². The molecular weight excluding hydrogens is 455 g/mol. The molecule has 4 aromatic rings. The first-order valence-electron chi connectivity index (χ1n) is 11.2. The van der Waals surface area contributed by atoms with Crippen LogP contribution in [0.1, 0.15) is 47.3 Å². The molecule has 0 saturated carbocycles. The Balaban J connectivity index is 1.56. The molecule has 0 saturated heterocycles. The van der Waals surface area contributed by atoms with Crippen LogP contribution in [0.25, 0.3) is 16.6 Å². The number of benzene rings is 2. The lowest BCUT2D eigenvalue weighted by Gasteiger charge is -2.13. The van der Waals surface area contributed by atoms with Crippen molar-refractivity contribution in [3.63, 3.8) is 0 Å². The first kappa shape index (κ1) is 24.2. The number of nitrogens with one attached hydrogen (secondary N) is 1. The average molecular weight is 480 g/mol. The van der Waals surface area contributed by atoms with Crippen LogP contribution < -0.4 is 10.9 Å². The van der Waals surface area contributed by atoms with Crippen LogP contribution in [0.4, 0.5) is 19.0 Å². The van der Waals surface area contributed by atoms with Gasteiger partial charge in [-0.15, -0.1) is 0 Å². The largest absolute Gasteiger partial charge is 0.416 e. The number of pyridine rings is 2. The van der Waals surface area contributed by atoms with Gasteiger partial charge in [-0.05, 0) is 78.4 Å². The molecule has 2 aromatic heterocycles. The summed E-state index contributed by atoms with van der Waals surface area (Å²) in [6.45, 7) is 2.03. The second kappa shape index (κ2) is 9.74. The van der Waals surface area contributed by atoms with E-state index < -0.39 is 11.7 Å². The highest BCUT2D eigenvalue weighted by Gasteiger charge is 2.30. The van der Waals surface area contributed by atoms with Crippen LogP contribution in [0.2, 0.25) is 0 Å². The Kier molecular flexibility index (Phi) is 6.73. The van der Waals surface area contributed by atoms with Gasteiger partial charge in [0.25, 0.3) is 5.56 Å². The molecule has 35 heavy (non-hydrogen) atoms. The van der Waals surface area contributed by atoms with Gasteiger partial charge in [-0.3, -0.25) is 14.2 Å². The number of hydrogen-bond acceptors (Lipinski definition) is 4. The molecule has 0 fully saturated rings. The van der Waals surface area contributed by atoms with Gasteiger partial charge in [0.15, 0.2) is 5.78 Å². The van der Waals surface area contributed by atoms with E-state index in [4.69, 9.17) is 0 Å². The summed E-state index contributed by atoms with van der Waals surface area (Å²) in [5.74, 6) is 0.836. The van der Waals surface area contributed by atoms with Gasteiger partial charge >= 0.3 is 6.18 Å². The van der Waals surface area contributed by atoms with Gasteiger partial charge in [0.1, 0.15) is 5.82 Å². The van der Waals surface area contributed by atoms with Crippen molar-refractivity contribution in [2.75, 3.05) is 12.4 Å². The fourth-order valence-corrected chi connectivity index (χ4v) is 3.99. The van der Waals surface area contributed by atoms with E-state index in [0.29, 0.717) is 35.0 Å². The maximum atomic E-state index is 12.9. The summed E-state index contributed by atoms with van der Waals surface area (Å²) in [5.41, 5.74) is 1.09. The molecule has 0 aliphatic heterocycles. The number of carbonyl (C=O) groups is 1. The number of anilines is 1. The molecule has 1 atom stereocenters. The SMILES string of the molecule is CNc1cccc([C@H](C)CCC(=O)c2ccc3c(ccc(=O)n3-c3ccc(C(F)(F)F)cc3)c2)n1. The molecule has 0 bridgehead atoms. The molecule has 4 rings (SSSR count). The molecule has 2 aromatic carbocycles. The molecule has 0 aliphatic rings. The predicted octanol–water partition coefficient (Wildman–Crippen LogP) is 6.21. The summed E-state index contributed by atoms with van der Waals surface area (Å²) >= 11 is 0. The van der Waals surface area contributed by atoms with Crippen molar-refractivity contribution in [3.8, 4) is 5.69 Å². The van der Waals surface area contributed by atoms with Crippen LogP contribution in [0.5, 0.6) is 0 Å². The number of ketones is 1. The fraction of sp³-hybridized carbons (Fsp3) is 0.222. The second-order valence-electron chi connectivity index (χ2n) is 8.39. The number of fused-ring (bicyclic) bond motifs is 1. The molecule has 0 spiro atoms. The van der Waals surface area contributed by atoms with E-state index >= 15 is 0 Å². The normalized spacial score (nSPS) is 12.5. The van der Waals surface area contributed by atoms with Crippen molar-refractivity contribution < 1.29 is 18.0 Å². The number of alkyl halides is 3. The number of hydrogen-bond donors (Lipinski definition) is 1. The average Bonchev–Trinajstić information content (AvgIpc) is 2.86. The number of Topliss-reactive ketones (excluding diaryl/α,β-unsaturated/α-hetero) is 1. The highest BCUT2D eigenvalue weighted by Crippen LogP contribution is 2.30. The molecule has 0 unspecified atom stereocenters. The minimum Gasteiger partial charge on any atom is -0.373 e. The lowest BCUT2D eigenvalue weighted by atomic mass is 9.96. The van der Waals surface area contributed by atoms with Crippen LogP contribution in [0.3, 0.4) is 0 Å². The lowest BCUT2D eigenvalue weighted by Crippen LogP contribution is -2.18. The van der Waals surface area contributed by atoms with Crippen molar-refractivity contribution in [1.82, 2.24) is 9.55 Å². The van der Waals surface area contributed by atoms with Crippen molar-refractivity contribution in [2.24, 2.45) is 0 Å². The van der Waals surface area contributed by atoms with E-state index in [1.54, 1.807) is 31.3 Å². The third-order valence-electron chi connectivity index (χ3n) is 6.01. The first-order valence-corrected chi connectivity index (χ1v) is 11.2. The van der Waals surface area contributed by atoms with Crippen LogP contribution in [-0.2, 0) is 6.18 Å². The Morgan fingerprint density at radius 1 is 1.03 bits per heavy atom. The van der Waals surface area contributed by atoms with Crippen LogP contribution in [0, 0.1) is 0 Å². The molecule has 8 heteroatoms. The minimum absolute atomic E-state index is 0.0317. The highest BCUT2D eigenvalue weighted by atomic mass is 19.4. The number of rotatable bonds is 7. The molecule has 0 radical (unpaired) electrons. The zero-order chi connectivity index (χ0) is 25.2. The quantitative estimate of drug-likeness (QED) is 0.320. The Bertz CT molecular complexity index is 1430. The lowest BCUT2D eigenvalue weighted by molar-refractivity contribution is -0.137. The second-order valence-corrected chi connectivity index (χ2v) is 8.39. The van der Waals surface area contributed by atoms with Gasteiger partial charge in [0.05, 0.1) is 11.1 Å². The van der Waals surface area contributed by atoms with Gasteiger partial charge in [-0.2, -0.15) is 13.2 Å². The summed E-state index contributed by atoms with van der Waals surface area (Å²) in [5, 5.41) is 3.65. The molecule has 1 N–H and O–H groups in total. The topological polar surface area (TPSA) is 64.0 Å². The predicted molar refractivity (Wildman–Crippen MR) is 130 cm³/mol. The van der Waals surface area contributed by atoms with E-state index in [0.717, 1.165) is 23.6 Å². The van der Waals surface area contributed by atoms with Crippen LogP contribution in [-0.4, -0.2) is 22.4 Å². The summed E-state index contributed by atoms with van der Waals surface area (Å²) in [7, 11) is 1.80. The number of carbonyl (C=O) groups excluding carboxylic acids is 1. The first-order chi connectivity index (χ1) is 16.7. The van der Waals surface area contributed by atoms with Crippen LogP contribution >= 0.6 is 0 Å². The molecule has 0 amide bonds. The Morgan fingerprint density at radius 3 is 2.46 bits per heavy atom. The smallest absolute Gasteiger partial charge is 0.373 e. The fourth-order valence-electron chi connectivity index (χ4n) is 3.99. The van der Waals surface area contributed by atoms with E-state index in [1.165, 1.54) is 22.8 Å². The Labute approximate surface area is 200 Å². The summed E-state index contributed by atoms with van der Waals surface area (Å²) in [6.07, 6.45) is -3.50. The highest BCUT2D eigenvalue weighted by molar-refractivity contribution is 5.99. The maximum Gasteiger partial charge on any atom is 0.416 e. The van der Waals surface area contributed by atoms with Crippen LogP contribution in [0.15, 0.2) is 77.6 Å². The minimum atomic E-state index is -4.46. The number of nitrogens with zero attached hydrogens (tertiary/aromatic N) is 2. The number of halogens is 3. The Morgan fingerprint density at radius 2 is 1.77 bits per heavy atom. The summed E-state index contributed by atoms with van der Waals surface area (Å²) in [4.78, 5) is 30.0. The van der Waals surface area contributed by atoms with Gasteiger partial charge in [-0.1, -0.05) is 13.0 Å². The molecule has 0 aliphatic carbocycles. The number of aromatic nitrogens is 2. The molecule has 2 heterocycles. The Hall–Kier alpha value is -3.94. The zero-order valence-corrected chi connectivity index (χ0v) is 19.3. The monoisotopic (exact) mass is 479 g/mol. The van der Waals surface area contributed by atoms with Gasteiger partial charge in [0, 0.05) is 36.5 Å².